The van der Waals surface area contributed by atoms with Crippen molar-refractivity contribution in [3.8, 4) is 5.75 Å². The third kappa shape index (κ3) is 2.15. The number of nitrogens with zero attached hydrogens (tertiary/aromatic N) is 2. The van der Waals surface area contributed by atoms with E-state index >= 15 is 0 Å². The molecule has 0 saturated heterocycles. The van der Waals surface area contributed by atoms with Gasteiger partial charge >= 0.3 is 0 Å². The molecule has 1 aromatic carbocycles. The van der Waals surface area contributed by atoms with Crippen LogP contribution in [0.3, 0.4) is 0 Å². The van der Waals surface area contributed by atoms with Crippen LogP contribution in [0.15, 0.2) is 42.7 Å². The van der Waals surface area contributed by atoms with Crippen LogP contribution < -0.4 is 15.4 Å². The van der Waals surface area contributed by atoms with Crippen LogP contribution in [0.5, 0.6) is 5.75 Å². The van der Waals surface area contributed by atoms with E-state index in [0.717, 1.165) is 17.1 Å². The molecule has 0 aliphatic rings. The molecule has 1 aromatic heterocycles. The summed E-state index contributed by atoms with van der Waals surface area (Å²) < 4.78 is 5.33. The first-order valence-electron chi connectivity index (χ1n) is 5.30. The average Bonchev–Trinajstić information content (AvgIpc) is 2.38. The summed E-state index contributed by atoms with van der Waals surface area (Å²) in [4.78, 5) is 5.96. The van der Waals surface area contributed by atoms with Crippen LogP contribution in [-0.2, 0) is 0 Å². The Kier molecular flexibility index (Phi) is 3.14. The van der Waals surface area contributed by atoms with Crippen LogP contribution in [0.1, 0.15) is 0 Å². The summed E-state index contributed by atoms with van der Waals surface area (Å²) >= 11 is 0. The second-order valence-electron chi connectivity index (χ2n) is 3.67. The van der Waals surface area contributed by atoms with Crippen molar-refractivity contribution in [3.05, 3.63) is 42.7 Å². The molecule has 2 N–H and O–H groups in total. The first kappa shape index (κ1) is 11.3. The molecule has 0 amide bonds. The number of pyridine rings is 1. The fourth-order valence-electron chi connectivity index (χ4n) is 1.74. The number of hydrogen-bond donors (Lipinski definition) is 1. The van der Waals surface area contributed by atoms with E-state index in [1.807, 2.05) is 42.3 Å². The number of aromatic nitrogens is 1. The Labute approximate surface area is 101 Å². The molecule has 1 heterocycles. The molecule has 0 atom stereocenters. The number of nitrogens with two attached hydrogens (primary N) is 1. The van der Waals surface area contributed by atoms with Crippen molar-refractivity contribution in [1.29, 1.82) is 0 Å². The van der Waals surface area contributed by atoms with E-state index in [4.69, 9.17) is 10.5 Å². The van der Waals surface area contributed by atoms with Gasteiger partial charge in [-0.1, -0.05) is 12.1 Å². The Morgan fingerprint density at radius 1 is 1.18 bits per heavy atom. The van der Waals surface area contributed by atoms with E-state index in [-0.39, 0.29) is 0 Å². The molecular weight excluding hydrogens is 214 g/mol. The molecule has 17 heavy (non-hydrogen) atoms. The highest BCUT2D eigenvalue weighted by Crippen LogP contribution is 2.34. The van der Waals surface area contributed by atoms with Gasteiger partial charge in [0.2, 0.25) is 0 Å². The summed E-state index contributed by atoms with van der Waals surface area (Å²) in [5.41, 5.74) is 8.42. The van der Waals surface area contributed by atoms with E-state index < -0.39 is 0 Å². The molecule has 2 rings (SSSR count). The molecule has 0 aliphatic carbocycles. The second kappa shape index (κ2) is 4.74. The molecule has 0 bridgehead atoms. The third-order valence-corrected chi connectivity index (χ3v) is 2.64. The molecule has 4 nitrogen and oxygen atoms in total. The number of methoxy groups -OCH3 is 1. The van der Waals surface area contributed by atoms with Gasteiger partial charge in [0, 0.05) is 13.2 Å². The summed E-state index contributed by atoms with van der Waals surface area (Å²) in [6.45, 7) is 0. The minimum atomic E-state index is 0.640. The summed E-state index contributed by atoms with van der Waals surface area (Å²) in [7, 11) is 3.60. The van der Waals surface area contributed by atoms with E-state index in [1.54, 1.807) is 19.5 Å². The lowest BCUT2D eigenvalue weighted by Gasteiger charge is -2.22. The number of ether oxygens (including phenoxy) is 1. The summed E-state index contributed by atoms with van der Waals surface area (Å²) in [6, 6.07) is 9.68. The van der Waals surface area contributed by atoms with Crippen molar-refractivity contribution in [2.24, 2.45) is 0 Å². The van der Waals surface area contributed by atoms with Gasteiger partial charge in [-0.3, -0.25) is 4.98 Å². The smallest absolute Gasteiger partial charge is 0.142 e. The standard InChI is InChI=1S/C13H15N3O/c1-16(11-7-8-15-9-10(11)14)12-5-3-4-6-13(12)17-2/h3-9H,14H2,1-2H3. The van der Waals surface area contributed by atoms with Gasteiger partial charge in [0.05, 0.1) is 30.4 Å². The van der Waals surface area contributed by atoms with Gasteiger partial charge in [-0.25, -0.2) is 0 Å². The molecule has 0 aliphatic heterocycles. The van der Waals surface area contributed by atoms with Crippen LogP contribution in [0, 0.1) is 0 Å². The molecule has 0 saturated carbocycles. The zero-order valence-electron chi connectivity index (χ0n) is 9.92. The fourth-order valence-corrected chi connectivity index (χ4v) is 1.74. The van der Waals surface area contributed by atoms with Gasteiger partial charge < -0.3 is 15.4 Å². The van der Waals surface area contributed by atoms with Gasteiger partial charge in [0.1, 0.15) is 5.75 Å². The highest BCUT2D eigenvalue weighted by molar-refractivity contribution is 5.76. The minimum absolute atomic E-state index is 0.640. The third-order valence-electron chi connectivity index (χ3n) is 2.64. The van der Waals surface area contributed by atoms with Crippen molar-refractivity contribution in [2.45, 2.75) is 0 Å². The van der Waals surface area contributed by atoms with Crippen LogP contribution in [0.2, 0.25) is 0 Å². The zero-order valence-corrected chi connectivity index (χ0v) is 9.92. The Hall–Kier alpha value is -2.23. The molecule has 2 aromatic rings. The molecule has 0 fully saturated rings. The Bertz CT molecular complexity index is 514. The second-order valence-corrected chi connectivity index (χ2v) is 3.67. The summed E-state index contributed by atoms with van der Waals surface area (Å²) in [5.74, 6) is 0.811. The fraction of sp³-hybridized carbons (Fsp3) is 0.154. The van der Waals surface area contributed by atoms with Crippen LogP contribution in [0.25, 0.3) is 0 Å². The number of para-hydroxylation sites is 2. The molecule has 0 unspecified atom stereocenters. The zero-order chi connectivity index (χ0) is 12.3. The van der Waals surface area contributed by atoms with E-state index in [0.29, 0.717) is 5.69 Å². The highest BCUT2D eigenvalue weighted by Gasteiger charge is 2.11. The number of rotatable bonds is 3. The minimum Gasteiger partial charge on any atom is -0.495 e. The number of hydrogen-bond acceptors (Lipinski definition) is 4. The quantitative estimate of drug-likeness (QED) is 0.878. The molecule has 4 heteroatoms. The number of anilines is 3. The van der Waals surface area contributed by atoms with E-state index in [9.17, 15) is 0 Å². The van der Waals surface area contributed by atoms with Gasteiger partial charge in [-0.15, -0.1) is 0 Å². The molecular formula is C13H15N3O. The number of benzene rings is 1. The Morgan fingerprint density at radius 2 is 1.94 bits per heavy atom. The largest absolute Gasteiger partial charge is 0.495 e. The lowest BCUT2D eigenvalue weighted by atomic mass is 10.2. The molecule has 0 spiro atoms. The SMILES string of the molecule is COc1ccccc1N(C)c1ccncc1N. The maximum atomic E-state index is 5.91. The highest BCUT2D eigenvalue weighted by atomic mass is 16.5. The van der Waals surface area contributed by atoms with Crippen molar-refractivity contribution in [1.82, 2.24) is 4.98 Å². The van der Waals surface area contributed by atoms with E-state index in [1.165, 1.54) is 0 Å². The van der Waals surface area contributed by atoms with Crippen molar-refractivity contribution in [3.63, 3.8) is 0 Å². The van der Waals surface area contributed by atoms with E-state index in [2.05, 4.69) is 4.98 Å². The van der Waals surface area contributed by atoms with Crippen molar-refractivity contribution < 1.29 is 4.74 Å². The monoisotopic (exact) mass is 229 g/mol. The summed E-state index contributed by atoms with van der Waals surface area (Å²) in [5, 5.41) is 0. The molecule has 88 valence electrons. The summed E-state index contributed by atoms with van der Waals surface area (Å²) in [6.07, 6.45) is 3.36. The van der Waals surface area contributed by atoms with Crippen LogP contribution in [-0.4, -0.2) is 19.1 Å². The predicted molar refractivity (Wildman–Crippen MR) is 69.7 cm³/mol. The maximum absolute atomic E-state index is 5.91. The van der Waals surface area contributed by atoms with Gasteiger partial charge in [0.15, 0.2) is 0 Å². The topological polar surface area (TPSA) is 51.4 Å². The lowest BCUT2D eigenvalue weighted by Crippen LogP contribution is -2.12. The number of nitrogen functional groups attached to an aromatic ring is 1. The van der Waals surface area contributed by atoms with Crippen molar-refractivity contribution in [2.75, 3.05) is 24.8 Å². The Balaban J connectivity index is 2.44. The maximum Gasteiger partial charge on any atom is 0.142 e. The average molecular weight is 229 g/mol. The normalized spacial score (nSPS) is 10.0. The predicted octanol–water partition coefficient (Wildman–Crippen LogP) is 2.44. The Morgan fingerprint density at radius 3 is 2.65 bits per heavy atom. The van der Waals surface area contributed by atoms with Crippen LogP contribution in [0.4, 0.5) is 17.1 Å². The first-order valence-corrected chi connectivity index (χ1v) is 5.30. The van der Waals surface area contributed by atoms with Crippen LogP contribution >= 0.6 is 0 Å². The van der Waals surface area contributed by atoms with Gasteiger partial charge in [-0.2, -0.15) is 0 Å². The van der Waals surface area contributed by atoms with Gasteiger partial charge in [0.25, 0.3) is 0 Å². The van der Waals surface area contributed by atoms with Crippen molar-refractivity contribution >= 4 is 17.1 Å². The first-order chi connectivity index (χ1) is 8.24. The lowest BCUT2D eigenvalue weighted by molar-refractivity contribution is 0.415. The van der Waals surface area contributed by atoms with Gasteiger partial charge in [-0.05, 0) is 18.2 Å². The molecule has 0 radical (unpaired) electrons.